The van der Waals surface area contributed by atoms with Gasteiger partial charge in [0, 0.05) is 19.3 Å². The van der Waals surface area contributed by atoms with E-state index >= 15 is 0 Å². The molecule has 0 heterocycles. The van der Waals surface area contributed by atoms with E-state index in [1.165, 1.54) is 315 Å². The molecule has 0 aromatic rings. The van der Waals surface area contributed by atoms with Crippen molar-refractivity contribution < 1.29 is 28.6 Å². The summed E-state index contributed by atoms with van der Waals surface area (Å²) >= 11 is 0. The Morgan fingerprint density at radius 1 is 0.237 bits per heavy atom. The zero-order chi connectivity index (χ0) is 57.8. The quantitative estimate of drug-likeness (QED) is 0.0261. The van der Waals surface area contributed by atoms with Gasteiger partial charge in [0.2, 0.25) is 0 Å². The molecule has 0 bridgehead atoms. The van der Waals surface area contributed by atoms with Gasteiger partial charge in [0.15, 0.2) is 6.10 Å². The molecule has 0 saturated heterocycles. The van der Waals surface area contributed by atoms with Crippen LogP contribution in [0.3, 0.4) is 0 Å². The number of hydrogen-bond acceptors (Lipinski definition) is 6. The third-order valence-electron chi connectivity index (χ3n) is 16.7. The van der Waals surface area contributed by atoms with Crippen LogP contribution in [0.4, 0.5) is 0 Å². The molecule has 1 atom stereocenters. The number of hydrogen-bond donors (Lipinski definition) is 0. The predicted octanol–water partition coefficient (Wildman–Crippen LogP) is 25.0. The minimum absolute atomic E-state index is 0.0673. The van der Waals surface area contributed by atoms with E-state index in [1.54, 1.807) is 0 Å². The van der Waals surface area contributed by atoms with Crippen LogP contribution in [0.5, 0.6) is 0 Å². The summed E-state index contributed by atoms with van der Waals surface area (Å²) in [5.41, 5.74) is 0. The summed E-state index contributed by atoms with van der Waals surface area (Å²) in [6.45, 7) is 6.72. The number of carbonyl (C=O) groups is 3. The highest BCUT2D eigenvalue weighted by Gasteiger charge is 2.19. The van der Waals surface area contributed by atoms with Crippen LogP contribution in [-0.4, -0.2) is 37.2 Å². The normalized spacial score (nSPS) is 12.1. The van der Waals surface area contributed by atoms with E-state index in [-0.39, 0.29) is 31.1 Å². The predicted molar refractivity (Wildman–Crippen MR) is 349 cm³/mol. The smallest absolute Gasteiger partial charge is 0.306 e. The monoisotopic (exact) mass is 1130 g/mol. The van der Waals surface area contributed by atoms with Gasteiger partial charge in [-0.05, 0) is 70.6 Å². The molecule has 0 rings (SSSR count). The average Bonchev–Trinajstić information content (AvgIpc) is 3.46. The van der Waals surface area contributed by atoms with Gasteiger partial charge in [-0.15, -0.1) is 0 Å². The number of esters is 3. The van der Waals surface area contributed by atoms with Gasteiger partial charge in [-0.2, -0.15) is 0 Å². The van der Waals surface area contributed by atoms with Gasteiger partial charge in [-0.1, -0.05) is 347 Å². The van der Waals surface area contributed by atoms with Gasteiger partial charge in [0.25, 0.3) is 0 Å². The van der Waals surface area contributed by atoms with E-state index in [4.69, 9.17) is 14.2 Å². The summed E-state index contributed by atoms with van der Waals surface area (Å²) in [4.78, 5) is 38.5. The lowest BCUT2D eigenvalue weighted by atomic mass is 10.0. The first-order chi connectivity index (χ1) is 39.5. The fraction of sp³-hybridized carbons (Fsp3) is 0.905. The second-order valence-electron chi connectivity index (χ2n) is 24.9. The maximum atomic E-state index is 13.0. The largest absolute Gasteiger partial charge is 0.462 e. The number of rotatable bonds is 68. The molecule has 0 aliphatic carbocycles. The van der Waals surface area contributed by atoms with E-state index < -0.39 is 6.10 Å². The number of allylic oxidation sites excluding steroid dienone is 4. The van der Waals surface area contributed by atoms with Gasteiger partial charge in [0.05, 0.1) is 0 Å². The number of carbonyl (C=O) groups excluding carboxylic acids is 3. The van der Waals surface area contributed by atoms with Crippen LogP contribution >= 0.6 is 0 Å². The van der Waals surface area contributed by atoms with Crippen molar-refractivity contribution in [3.8, 4) is 0 Å². The molecule has 0 aromatic heterocycles. The number of ether oxygens (including phenoxy) is 3. The summed E-state index contributed by atoms with van der Waals surface area (Å²) in [7, 11) is 0. The molecule has 0 aliphatic heterocycles. The second kappa shape index (κ2) is 69.4. The van der Waals surface area contributed by atoms with Crippen LogP contribution in [0, 0.1) is 0 Å². The molecule has 0 fully saturated rings. The molecule has 0 saturated carbocycles. The fourth-order valence-corrected chi connectivity index (χ4v) is 11.2. The molecule has 1 unspecified atom stereocenters. The maximum Gasteiger partial charge on any atom is 0.306 e. The average molecular weight is 1130 g/mol. The highest BCUT2D eigenvalue weighted by Crippen LogP contribution is 2.19. The third-order valence-corrected chi connectivity index (χ3v) is 16.7. The van der Waals surface area contributed by atoms with Crippen LogP contribution in [0.2, 0.25) is 0 Å². The summed E-state index contributed by atoms with van der Waals surface area (Å²) < 4.78 is 17.0. The van der Waals surface area contributed by atoms with Gasteiger partial charge in [0.1, 0.15) is 13.2 Å². The molecule has 0 spiro atoms. The van der Waals surface area contributed by atoms with Crippen LogP contribution in [0.1, 0.15) is 412 Å². The molecular formula is C74H140O6. The van der Waals surface area contributed by atoms with Crippen molar-refractivity contribution >= 4 is 17.9 Å². The Hall–Kier alpha value is -2.11. The molecule has 0 aromatic carbocycles. The molecule has 6 heteroatoms. The first kappa shape index (κ1) is 77.9. The summed E-state index contributed by atoms with van der Waals surface area (Å²) in [5.74, 6) is -0.838. The maximum absolute atomic E-state index is 13.0. The molecule has 6 nitrogen and oxygen atoms in total. The standard InChI is InChI=1S/C74H140O6/c1-4-7-10-13-16-19-22-25-28-31-34-36-37-39-40-43-46-49-52-55-58-61-64-67-73(76)79-70-71(69-78-72(75)66-63-60-57-54-51-48-45-42-33-30-27-24-21-18-15-12-9-6-3)80-74(77)68-65-62-59-56-53-50-47-44-41-38-35-32-29-26-23-20-17-14-11-8-5-2/h30-31,33-34,71H,4-29,32,35-70H2,1-3H3/b33-30-,34-31-. The Morgan fingerprint density at radius 2 is 0.412 bits per heavy atom. The molecule has 0 aliphatic rings. The topological polar surface area (TPSA) is 78.9 Å². The van der Waals surface area contributed by atoms with Crippen LogP contribution in [-0.2, 0) is 28.6 Å². The van der Waals surface area contributed by atoms with E-state index in [0.29, 0.717) is 19.3 Å². The first-order valence-electron chi connectivity index (χ1n) is 36.3. The van der Waals surface area contributed by atoms with Gasteiger partial charge in [-0.25, -0.2) is 0 Å². The molecule has 472 valence electrons. The Labute approximate surface area is 500 Å². The molecular weight excluding hydrogens is 985 g/mol. The van der Waals surface area contributed by atoms with E-state index in [0.717, 1.165) is 57.8 Å². The van der Waals surface area contributed by atoms with Gasteiger partial charge >= 0.3 is 17.9 Å². The minimum Gasteiger partial charge on any atom is -0.462 e. The molecule has 80 heavy (non-hydrogen) atoms. The lowest BCUT2D eigenvalue weighted by Crippen LogP contribution is -2.30. The molecule has 0 amide bonds. The Kier molecular flexibility index (Phi) is 67.6. The minimum atomic E-state index is -0.772. The molecule has 0 radical (unpaired) electrons. The summed E-state index contributed by atoms with van der Waals surface area (Å²) in [5, 5.41) is 0. The zero-order valence-electron chi connectivity index (χ0n) is 54.4. The van der Waals surface area contributed by atoms with Crippen LogP contribution in [0.15, 0.2) is 24.3 Å². The van der Waals surface area contributed by atoms with Crippen molar-refractivity contribution in [2.24, 2.45) is 0 Å². The lowest BCUT2D eigenvalue weighted by Gasteiger charge is -2.18. The second-order valence-corrected chi connectivity index (χ2v) is 24.9. The Bertz CT molecular complexity index is 1290. The van der Waals surface area contributed by atoms with E-state index in [9.17, 15) is 14.4 Å². The zero-order valence-corrected chi connectivity index (χ0v) is 54.4. The number of unbranched alkanes of at least 4 members (excludes halogenated alkanes) is 53. The fourth-order valence-electron chi connectivity index (χ4n) is 11.2. The van der Waals surface area contributed by atoms with E-state index in [2.05, 4.69) is 45.1 Å². The Morgan fingerprint density at radius 3 is 0.625 bits per heavy atom. The van der Waals surface area contributed by atoms with Crippen molar-refractivity contribution in [2.45, 2.75) is 419 Å². The highest BCUT2D eigenvalue weighted by atomic mass is 16.6. The van der Waals surface area contributed by atoms with Crippen LogP contribution < -0.4 is 0 Å². The van der Waals surface area contributed by atoms with Gasteiger partial charge in [-0.3, -0.25) is 14.4 Å². The van der Waals surface area contributed by atoms with Crippen molar-refractivity contribution in [1.29, 1.82) is 0 Å². The Balaban J connectivity index is 4.30. The van der Waals surface area contributed by atoms with Crippen molar-refractivity contribution in [3.63, 3.8) is 0 Å². The highest BCUT2D eigenvalue weighted by molar-refractivity contribution is 5.71. The SMILES string of the molecule is CCCCCCCCC/C=C\CCCCCCCCCC(=O)OCC(COC(=O)CCCCCCCCCCCCC/C=C\CCCCCCCCCC)OC(=O)CCCCCCCCCCCCCCCCCCCCCCC. The summed E-state index contributed by atoms with van der Waals surface area (Å²) in [6.07, 6.45) is 84.9. The first-order valence-corrected chi connectivity index (χ1v) is 36.3. The third kappa shape index (κ3) is 66.7. The van der Waals surface area contributed by atoms with Gasteiger partial charge < -0.3 is 14.2 Å². The van der Waals surface area contributed by atoms with E-state index in [1.807, 2.05) is 0 Å². The molecule has 0 N–H and O–H groups in total. The van der Waals surface area contributed by atoms with Crippen molar-refractivity contribution in [3.05, 3.63) is 24.3 Å². The van der Waals surface area contributed by atoms with Crippen molar-refractivity contribution in [2.75, 3.05) is 13.2 Å². The summed E-state index contributed by atoms with van der Waals surface area (Å²) in [6, 6.07) is 0. The van der Waals surface area contributed by atoms with Crippen molar-refractivity contribution in [1.82, 2.24) is 0 Å². The lowest BCUT2D eigenvalue weighted by molar-refractivity contribution is -0.167. The van der Waals surface area contributed by atoms with Crippen LogP contribution in [0.25, 0.3) is 0 Å².